The number of pyridine rings is 1. The average molecular weight is 338 g/mol. The lowest BCUT2D eigenvalue weighted by molar-refractivity contribution is 0.0150. The molecule has 1 aromatic carbocycles. The van der Waals surface area contributed by atoms with Gasteiger partial charge in [-0.25, -0.2) is 0 Å². The SMILES string of the molecule is c1cc(-c2ccc3c(c2)OCO3)ncc1OC1CCN2CCCC1C2. The average Bonchev–Trinajstić information content (AvgIpc) is 3.13. The molecular formula is C20H22N2O3. The largest absolute Gasteiger partial charge is 0.488 e. The number of nitrogens with zero attached hydrogens (tertiary/aromatic N) is 2. The molecule has 3 atom stereocenters. The van der Waals surface area contributed by atoms with Gasteiger partial charge in [-0.15, -0.1) is 0 Å². The highest BCUT2D eigenvalue weighted by Gasteiger charge is 2.33. The molecule has 25 heavy (non-hydrogen) atoms. The Morgan fingerprint density at radius 3 is 2.92 bits per heavy atom. The summed E-state index contributed by atoms with van der Waals surface area (Å²) >= 11 is 0. The first-order chi connectivity index (χ1) is 12.3. The molecule has 0 N–H and O–H groups in total. The van der Waals surface area contributed by atoms with Crippen LogP contribution in [0.25, 0.3) is 11.3 Å². The number of hydrogen-bond acceptors (Lipinski definition) is 5. The highest BCUT2D eigenvalue weighted by molar-refractivity contribution is 5.64. The van der Waals surface area contributed by atoms with Crippen molar-refractivity contribution < 1.29 is 14.2 Å². The lowest BCUT2D eigenvalue weighted by Gasteiger charge is -2.42. The van der Waals surface area contributed by atoms with Gasteiger partial charge in [0.1, 0.15) is 11.9 Å². The third-order valence-corrected chi connectivity index (χ3v) is 5.49. The molecule has 2 aromatic rings. The lowest BCUT2D eigenvalue weighted by Crippen LogP contribution is -2.48. The lowest BCUT2D eigenvalue weighted by atomic mass is 9.87. The van der Waals surface area contributed by atoms with Crippen LogP contribution in [-0.2, 0) is 0 Å². The Morgan fingerprint density at radius 2 is 2.00 bits per heavy atom. The van der Waals surface area contributed by atoms with E-state index >= 15 is 0 Å². The van der Waals surface area contributed by atoms with E-state index in [1.165, 1.54) is 25.9 Å². The van der Waals surface area contributed by atoms with E-state index in [9.17, 15) is 0 Å². The number of rotatable bonds is 3. The Kier molecular flexibility index (Phi) is 3.74. The van der Waals surface area contributed by atoms with Crippen molar-refractivity contribution in [2.24, 2.45) is 5.92 Å². The molecule has 0 aliphatic carbocycles. The van der Waals surface area contributed by atoms with Crippen LogP contribution in [0.2, 0.25) is 0 Å². The molecule has 130 valence electrons. The van der Waals surface area contributed by atoms with E-state index in [0.717, 1.165) is 41.5 Å². The Bertz CT molecular complexity index is 762. The summed E-state index contributed by atoms with van der Waals surface area (Å²) < 4.78 is 17.1. The maximum Gasteiger partial charge on any atom is 0.231 e. The highest BCUT2D eigenvalue weighted by Crippen LogP contribution is 2.36. The van der Waals surface area contributed by atoms with Crippen LogP contribution in [0.15, 0.2) is 36.5 Å². The van der Waals surface area contributed by atoms with E-state index in [1.54, 1.807) is 0 Å². The first-order valence-corrected chi connectivity index (χ1v) is 9.10. The monoisotopic (exact) mass is 338 g/mol. The van der Waals surface area contributed by atoms with Crippen LogP contribution in [0.4, 0.5) is 0 Å². The van der Waals surface area contributed by atoms with Crippen molar-refractivity contribution in [3.63, 3.8) is 0 Å². The zero-order chi connectivity index (χ0) is 16.6. The quantitative estimate of drug-likeness (QED) is 0.859. The van der Waals surface area contributed by atoms with E-state index in [2.05, 4.69) is 9.88 Å². The summed E-state index contributed by atoms with van der Waals surface area (Å²) in [6.07, 6.45) is 5.87. The molecule has 0 spiro atoms. The third-order valence-electron chi connectivity index (χ3n) is 5.49. The van der Waals surface area contributed by atoms with Crippen LogP contribution in [-0.4, -0.2) is 42.4 Å². The van der Waals surface area contributed by atoms with Crippen molar-refractivity contribution >= 4 is 0 Å². The smallest absolute Gasteiger partial charge is 0.231 e. The molecule has 5 heteroatoms. The van der Waals surface area contributed by atoms with Crippen LogP contribution < -0.4 is 14.2 Å². The number of aromatic nitrogens is 1. The standard InChI is InChI=1S/C20H22N2O3/c1-2-15-12-22(8-1)9-7-18(15)25-16-4-5-17(21-11-16)14-3-6-19-20(10-14)24-13-23-19/h3-6,10-11,15,18H,1-2,7-9,12-13H2. The molecule has 3 unspecified atom stereocenters. The molecule has 0 radical (unpaired) electrons. The van der Waals surface area contributed by atoms with E-state index in [1.807, 2.05) is 36.5 Å². The van der Waals surface area contributed by atoms with Crippen molar-refractivity contribution in [1.29, 1.82) is 0 Å². The van der Waals surface area contributed by atoms with Crippen LogP contribution in [0.3, 0.4) is 0 Å². The predicted octanol–water partition coefficient (Wildman–Crippen LogP) is 3.34. The van der Waals surface area contributed by atoms with Gasteiger partial charge in [-0.3, -0.25) is 4.98 Å². The molecule has 5 rings (SSSR count). The Hall–Kier alpha value is -2.27. The second kappa shape index (κ2) is 6.23. The van der Waals surface area contributed by atoms with E-state index < -0.39 is 0 Å². The summed E-state index contributed by atoms with van der Waals surface area (Å²) in [6, 6.07) is 9.96. The van der Waals surface area contributed by atoms with Gasteiger partial charge in [0.05, 0.1) is 11.9 Å². The number of fused-ring (bicyclic) bond motifs is 3. The van der Waals surface area contributed by atoms with Crippen molar-refractivity contribution in [3.8, 4) is 28.5 Å². The topological polar surface area (TPSA) is 43.8 Å². The third kappa shape index (κ3) is 2.93. The van der Waals surface area contributed by atoms with Crippen molar-refractivity contribution in [3.05, 3.63) is 36.5 Å². The molecule has 0 saturated carbocycles. The summed E-state index contributed by atoms with van der Waals surface area (Å²) in [5.74, 6) is 3.11. The van der Waals surface area contributed by atoms with Gasteiger partial charge >= 0.3 is 0 Å². The summed E-state index contributed by atoms with van der Waals surface area (Å²) in [6.45, 7) is 3.89. The Morgan fingerprint density at radius 1 is 1.04 bits per heavy atom. The van der Waals surface area contributed by atoms with Gasteiger partial charge in [-0.05, 0) is 56.1 Å². The molecule has 2 bridgehead atoms. The fraction of sp³-hybridized carbons (Fsp3) is 0.450. The molecule has 3 aliphatic heterocycles. The minimum Gasteiger partial charge on any atom is -0.488 e. The molecule has 3 aliphatic rings. The molecule has 5 nitrogen and oxygen atoms in total. The maximum atomic E-state index is 6.27. The van der Waals surface area contributed by atoms with Gasteiger partial charge in [0, 0.05) is 24.6 Å². The van der Waals surface area contributed by atoms with Gasteiger partial charge in [0.15, 0.2) is 11.5 Å². The van der Waals surface area contributed by atoms with Crippen LogP contribution >= 0.6 is 0 Å². The minimum atomic E-state index is 0.291. The number of hydrogen-bond donors (Lipinski definition) is 0. The summed E-state index contributed by atoms with van der Waals surface area (Å²) in [5, 5.41) is 0. The normalized spacial score (nSPS) is 27.1. The van der Waals surface area contributed by atoms with Crippen molar-refractivity contribution in [2.75, 3.05) is 26.4 Å². The molecule has 1 aromatic heterocycles. The molecule has 0 amide bonds. The van der Waals surface area contributed by atoms with E-state index in [-0.39, 0.29) is 0 Å². The number of piperidine rings is 2. The second-order valence-corrected chi connectivity index (χ2v) is 7.10. The minimum absolute atomic E-state index is 0.291. The first-order valence-electron chi connectivity index (χ1n) is 9.10. The molecule has 2 saturated heterocycles. The summed E-state index contributed by atoms with van der Waals surface area (Å²) in [4.78, 5) is 7.15. The Balaban J connectivity index is 1.30. The first kappa shape index (κ1) is 15.0. The van der Waals surface area contributed by atoms with E-state index in [4.69, 9.17) is 14.2 Å². The summed E-state index contributed by atoms with van der Waals surface area (Å²) in [5.41, 5.74) is 1.94. The molecule has 2 fully saturated rings. The van der Waals surface area contributed by atoms with Crippen molar-refractivity contribution in [1.82, 2.24) is 9.88 Å². The van der Waals surface area contributed by atoms with Gasteiger partial charge in [-0.2, -0.15) is 0 Å². The van der Waals surface area contributed by atoms with Crippen LogP contribution in [0.1, 0.15) is 19.3 Å². The second-order valence-electron chi connectivity index (χ2n) is 7.10. The van der Waals surface area contributed by atoms with Gasteiger partial charge in [0.25, 0.3) is 0 Å². The molecular weight excluding hydrogens is 316 g/mol. The van der Waals surface area contributed by atoms with Gasteiger partial charge in [-0.1, -0.05) is 0 Å². The molecule has 4 heterocycles. The summed E-state index contributed by atoms with van der Waals surface area (Å²) in [7, 11) is 0. The fourth-order valence-corrected chi connectivity index (χ4v) is 4.15. The number of benzene rings is 1. The zero-order valence-electron chi connectivity index (χ0n) is 14.2. The zero-order valence-corrected chi connectivity index (χ0v) is 14.2. The van der Waals surface area contributed by atoms with Gasteiger partial charge in [0.2, 0.25) is 6.79 Å². The van der Waals surface area contributed by atoms with Crippen LogP contribution in [0.5, 0.6) is 17.2 Å². The Labute approximate surface area is 147 Å². The fourth-order valence-electron chi connectivity index (χ4n) is 4.15. The number of ether oxygens (including phenoxy) is 3. The van der Waals surface area contributed by atoms with Gasteiger partial charge < -0.3 is 19.1 Å². The predicted molar refractivity (Wildman–Crippen MR) is 94.0 cm³/mol. The highest BCUT2D eigenvalue weighted by atomic mass is 16.7. The van der Waals surface area contributed by atoms with Crippen molar-refractivity contribution in [2.45, 2.75) is 25.4 Å². The van der Waals surface area contributed by atoms with Crippen LogP contribution in [0, 0.1) is 5.92 Å². The maximum absolute atomic E-state index is 6.27. The van der Waals surface area contributed by atoms with E-state index in [0.29, 0.717) is 18.8 Å².